The largest absolute Gasteiger partial charge is 0.437 e. The van der Waals surface area contributed by atoms with Gasteiger partial charge in [0, 0.05) is 0 Å². The summed E-state index contributed by atoms with van der Waals surface area (Å²) in [6, 6.07) is 0. The second-order valence-electron chi connectivity index (χ2n) is 2.83. The highest BCUT2D eigenvalue weighted by atomic mass is 16.2. The van der Waals surface area contributed by atoms with Crippen molar-refractivity contribution in [1.29, 1.82) is 0 Å². The monoisotopic (exact) mass is 158 g/mol. The van der Waals surface area contributed by atoms with Gasteiger partial charge in [-0.25, -0.2) is 0 Å². The van der Waals surface area contributed by atoms with Crippen LogP contribution in [0.15, 0.2) is 0 Å². The van der Waals surface area contributed by atoms with Crippen LogP contribution in [0.5, 0.6) is 0 Å². The van der Waals surface area contributed by atoms with Gasteiger partial charge in [0.25, 0.3) is 0 Å². The Labute approximate surface area is 69.5 Å². The van der Waals surface area contributed by atoms with Crippen molar-refractivity contribution in [2.24, 2.45) is 5.73 Å². The van der Waals surface area contributed by atoms with Crippen LogP contribution in [0, 0.1) is 0 Å². The maximum absolute atomic E-state index is 8.82. The number of unbranched alkanes of at least 4 members (excludes halogenated alkanes) is 3. The molecule has 0 bridgehead atoms. The molecule has 0 saturated carbocycles. The van der Waals surface area contributed by atoms with Crippen LogP contribution in [-0.4, -0.2) is 25.2 Å². The summed E-state index contributed by atoms with van der Waals surface area (Å²) in [6.45, 7) is 3.44. The Bertz CT molecular complexity index is 80.8. The smallest absolute Gasteiger partial charge is 0.373 e. The van der Waals surface area contributed by atoms with Gasteiger partial charge in [-0.15, -0.1) is 0 Å². The molecule has 0 heterocycles. The topological polar surface area (TPSA) is 58.3 Å². The molecule has 0 aliphatic carbocycles. The average molecular weight is 158 g/mol. The lowest BCUT2D eigenvalue weighted by atomic mass is 9.89. The van der Waals surface area contributed by atoms with Crippen molar-refractivity contribution < 1.29 is 5.02 Å². The van der Waals surface area contributed by atoms with Crippen LogP contribution in [0.1, 0.15) is 25.7 Å². The first kappa shape index (κ1) is 10.9. The van der Waals surface area contributed by atoms with E-state index in [0.717, 1.165) is 25.9 Å². The van der Waals surface area contributed by atoms with E-state index in [1.54, 1.807) is 6.82 Å². The third-order valence-corrected chi connectivity index (χ3v) is 1.57. The van der Waals surface area contributed by atoms with Crippen LogP contribution in [0.25, 0.3) is 0 Å². The molecular weight excluding hydrogens is 139 g/mol. The van der Waals surface area contributed by atoms with E-state index in [-0.39, 0.29) is 7.05 Å². The van der Waals surface area contributed by atoms with Gasteiger partial charge in [0.2, 0.25) is 0 Å². The molecule has 11 heavy (non-hydrogen) atoms. The molecular formula is C7H19BN2O. The second kappa shape index (κ2) is 8.05. The summed E-state index contributed by atoms with van der Waals surface area (Å²) in [6.07, 6.45) is 4.66. The minimum absolute atomic E-state index is 0.371. The van der Waals surface area contributed by atoms with Crippen molar-refractivity contribution in [1.82, 2.24) is 5.23 Å². The molecule has 66 valence electrons. The minimum atomic E-state index is -0.371. The zero-order valence-electron chi connectivity index (χ0n) is 7.34. The summed E-state index contributed by atoms with van der Waals surface area (Å²) < 4.78 is 0. The van der Waals surface area contributed by atoms with E-state index < -0.39 is 0 Å². The summed E-state index contributed by atoms with van der Waals surface area (Å²) in [7, 11) is -0.371. The molecule has 4 N–H and O–H groups in total. The summed E-state index contributed by atoms with van der Waals surface area (Å²) in [4.78, 5) is 0. The number of hydrogen-bond acceptors (Lipinski definition) is 3. The normalized spacial score (nSPS) is 10.1. The van der Waals surface area contributed by atoms with Crippen LogP contribution < -0.4 is 11.0 Å². The molecule has 0 aromatic carbocycles. The van der Waals surface area contributed by atoms with E-state index in [1.165, 1.54) is 12.8 Å². The Morgan fingerprint density at radius 1 is 1.27 bits per heavy atom. The molecule has 0 aromatic heterocycles. The Kier molecular flexibility index (Phi) is 8.01. The first-order valence-electron chi connectivity index (χ1n) is 4.39. The quantitative estimate of drug-likeness (QED) is 0.366. The highest BCUT2D eigenvalue weighted by Gasteiger charge is 1.98. The van der Waals surface area contributed by atoms with Crippen molar-refractivity contribution in [3.8, 4) is 0 Å². The van der Waals surface area contributed by atoms with Crippen molar-refractivity contribution in [3.63, 3.8) is 0 Å². The molecule has 0 unspecified atom stereocenters. The molecule has 4 heteroatoms. The summed E-state index contributed by atoms with van der Waals surface area (Å²) in [5.74, 6) is 0. The summed E-state index contributed by atoms with van der Waals surface area (Å²) in [5, 5.41) is 11.8. The van der Waals surface area contributed by atoms with Crippen LogP contribution in [0.4, 0.5) is 0 Å². The molecule has 0 aliphatic rings. The van der Waals surface area contributed by atoms with E-state index in [1.807, 2.05) is 0 Å². The maximum atomic E-state index is 8.82. The zero-order chi connectivity index (χ0) is 8.53. The van der Waals surface area contributed by atoms with E-state index in [0.29, 0.717) is 0 Å². The van der Waals surface area contributed by atoms with E-state index in [4.69, 9.17) is 10.8 Å². The molecule has 0 amide bonds. The molecule has 0 spiro atoms. The summed E-state index contributed by atoms with van der Waals surface area (Å²) in [5.41, 5.74) is 5.34. The maximum Gasteiger partial charge on any atom is 0.373 e. The SMILES string of the molecule is CB(O)NCCCCCCN. The molecule has 0 aromatic rings. The first-order chi connectivity index (χ1) is 5.27. The predicted octanol–water partition coefficient (Wildman–Crippen LogP) is 0.205. The molecule has 0 radical (unpaired) electrons. The molecule has 0 atom stereocenters. The number of rotatable bonds is 7. The van der Waals surface area contributed by atoms with Gasteiger partial charge in [-0.2, -0.15) is 0 Å². The number of nitrogens with two attached hydrogens (primary N) is 1. The highest BCUT2D eigenvalue weighted by Crippen LogP contribution is 1.96. The summed E-state index contributed by atoms with van der Waals surface area (Å²) >= 11 is 0. The predicted molar refractivity (Wildman–Crippen MR) is 49.4 cm³/mol. The number of nitrogens with one attached hydrogen (secondary N) is 1. The average Bonchev–Trinajstić information content (AvgIpc) is 1.96. The Hall–Kier alpha value is -0.0551. The Morgan fingerprint density at radius 2 is 1.91 bits per heavy atom. The van der Waals surface area contributed by atoms with Gasteiger partial charge in [-0.1, -0.05) is 12.8 Å². The molecule has 0 rings (SSSR count). The van der Waals surface area contributed by atoms with E-state index in [9.17, 15) is 0 Å². The fourth-order valence-corrected chi connectivity index (χ4v) is 0.934. The van der Waals surface area contributed by atoms with E-state index >= 15 is 0 Å². The fraction of sp³-hybridized carbons (Fsp3) is 1.00. The van der Waals surface area contributed by atoms with Crippen molar-refractivity contribution in [2.75, 3.05) is 13.1 Å². The molecule has 3 nitrogen and oxygen atoms in total. The Morgan fingerprint density at radius 3 is 2.45 bits per heavy atom. The standard InChI is InChI=1S/C7H19BN2O/c1-8(11)10-7-5-3-2-4-6-9/h10-11H,2-7,9H2,1H3. The molecule has 0 saturated heterocycles. The van der Waals surface area contributed by atoms with E-state index in [2.05, 4.69) is 5.23 Å². The lowest BCUT2D eigenvalue weighted by molar-refractivity contribution is 0.544. The van der Waals surface area contributed by atoms with Gasteiger partial charge in [-0.3, -0.25) is 0 Å². The van der Waals surface area contributed by atoms with Gasteiger partial charge in [0.15, 0.2) is 0 Å². The second-order valence-corrected chi connectivity index (χ2v) is 2.83. The fourth-order valence-electron chi connectivity index (χ4n) is 0.934. The van der Waals surface area contributed by atoms with Crippen LogP contribution in [-0.2, 0) is 0 Å². The number of hydrogen-bond donors (Lipinski definition) is 3. The minimum Gasteiger partial charge on any atom is -0.437 e. The van der Waals surface area contributed by atoms with Crippen molar-refractivity contribution in [3.05, 3.63) is 0 Å². The van der Waals surface area contributed by atoms with Crippen molar-refractivity contribution >= 4 is 7.05 Å². The lowest BCUT2D eigenvalue weighted by Crippen LogP contribution is -2.31. The third-order valence-electron chi connectivity index (χ3n) is 1.57. The van der Waals surface area contributed by atoms with Gasteiger partial charge in [0.1, 0.15) is 0 Å². The van der Waals surface area contributed by atoms with Crippen LogP contribution in [0.2, 0.25) is 6.82 Å². The van der Waals surface area contributed by atoms with Gasteiger partial charge in [-0.05, 0) is 32.8 Å². The third kappa shape index (κ3) is 9.94. The molecule has 0 fully saturated rings. The van der Waals surface area contributed by atoms with Gasteiger partial charge in [0.05, 0.1) is 0 Å². The zero-order valence-corrected chi connectivity index (χ0v) is 7.34. The van der Waals surface area contributed by atoms with Crippen LogP contribution >= 0.6 is 0 Å². The van der Waals surface area contributed by atoms with Crippen LogP contribution in [0.3, 0.4) is 0 Å². The Balaban J connectivity index is 2.80. The highest BCUT2D eigenvalue weighted by molar-refractivity contribution is 6.45. The van der Waals surface area contributed by atoms with Crippen molar-refractivity contribution in [2.45, 2.75) is 32.5 Å². The molecule has 0 aliphatic heterocycles. The first-order valence-corrected chi connectivity index (χ1v) is 4.39. The lowest BCUT2D eigenvalue weighted by Gasteiger charge is -2.02. The van der Waals surface area contributed by atoms with Gasteiger partial charge < -0.3 is 16.0 Å². The van der Waals surface area contributed by atoms with Gasteiger partial charge >= 0.3 is 7.05 Å².